The van der Waals surface area contributed by atoms with Gasteiger partial charge < -0.3 is 0 Å². The molecule has 0 spiro atoms. The molecule has 2 rings (SSSR count). The summed E-state index contributed by atoms with van der Waals surface area (Å²) in [6, 6.07) is 18.9. The normalized spacial score (nSPS) is 10.9. The van der Waals surface area contributed by atoms with Crippen LogP contribution in [0.2, 0.25) is 0 Å². The first-order chi connectivity index (χ1) is 8.59. The smallest absolute Gasteiger partial charge is 0.282 e. The Bertz CT molecular complexity index is 672. The quantitative estimate of drug-likeness (QED) is 0.801. The van der Waals surface area contributed by atoms with Crippen molar-refractivity contribution in [1.82, 2.24) is 0 Å². The average molecular weight is 260 g/mol. The van der Waals surface area contributed by atoms with Crippen molar-refractivity contribution in [3.63, 3.8) is 0 Å². The van der Waals surface area contributed by atoms with E-state index in [0.717, 1.165) is 5.56 Å². The Kier molecular flexibility index (Phi) is 3.60. The Morgan fingerprint density at radius 1 is 0.722 bits per heavy atom. The summed E-state index contributed by atoms with van der Waals surface area (Å²) in [5.41, 5.74) is 1.20. The van der Waals surface area contributed by atoms with Crippen molar-refractivity contribution < 1.29 is 13.0 Å². The molecule has 0 saturated carbocycles. The topological polar surface area (TPSA) is 54.4 Å². The Hall–Kier alpha value is -1.91. The molecular weight excluding hydrogens is 248 g/mol. The van der Waals surface area contributed by atoms with Gasteiger partial charge in [0.2, 0.25) is 0 Å². The Morgan fingerprint density at radius 2 is 1.22 bits per heavy atom. The minimum absolute atomic E-state index is 0.102. The van der Waals surface area contributed by atoms with E-state index in [1.165, 1.54) is 6.07 Å². The third-order valence-electron chi connectivity index (χ3n) is 2.47. The Morgan fingerprint density at radius 3 is 1.83 bits per heavy atom. The average Bonchev–Trinajstić information content (AvgIpc) is 2.23. The van der Waals surface area contributed by atoms with E-state index in [9.17, 15) is 13.0 Å². The highest BCUT2D eigenvalue weighted by molar-refractivity contribution is 7.86. The zero-order chi connectivity index (χ0) is 13.0. The van der Waals surface area contributed by atoms with Crippen LogP contribution in [-0.4, -0.2) is 13.0 Å². The lowest BCUT2D eigenvalue weighted by molar-refractivity contribution is 0.483. The van der Waals surface area contributed by atoms with Gasteiger partial charge in [-0.3, -0.25) is 4.55 Å². The van der Waals surface area contributed by atoms with Gasteiger partial charge in [-0.1, -0.05) is 60.7 Å². The van der Waals surface area contributed by atoms with Gasteiger partial charge in [0.15, 0.2) is 0 Å². The lowest BCUT2D eigenvalue weighted by Crippen LogP contribution is -1.99. The van der Waals surface area contributed by atoms with Crippen molar-refractivity contribution in [1.29, 1.82) is 0 Å². The van der Waals surface area contributed by atoms with Crippen LogP contribution in [0, 0.1) is 0 Å². The summed E-state index contributed by atoms with van der Waals surface area (Å²) < 4.78 is 32.1. The van der Waals surface area contributed by atoms with E-state index >= 15 is 0 Å². The molecule has 0 fully saturated rings. The largest absolute Gasteiger partial charge is 0.295 e. The summed E-state index contributed by atoms with van der Waals surface area (Å²) in [6.07, 6.45) is 0. The van der Waals surface area contributed by atoms with Crippen molar-refractivity contribution in [3.05, 3.63) is 66.7 Å². The Balaban J connectivity index is 2.93. The fourth-order valence-corrected chi connectivity index (χ4v) is 2.39. The van der Waals surface area contributed by atoms with Gasteiger partial charge in [0.1, 0.15) is 4.90 Å². The molecule has 0 heterocycles. The van der Waals surface area contributed by atoms with Crippen molar-refractivity contribution >= 4 is 10.1 Å². The molecule has 0 aliphatic heterocycles. The molecule has 0 amide bonds. The number of hydrogen-bond acceptors (Lipinski definition) is 2. The molecule has 0 unspecified atom stereocenters. The van der Waals surface area contributed by atoms with E-state index in [2.05, 4.69) is 0 Å². The SMILES string of the molecule is O=S(=O)(O)c1cccccc2ccccccc1-2. The van der Waals surface area contributed by atoms with Gasteiger partial charge in [0.25, 0.3) is 10.1 Å². The summed E-state index contributed by atoms with van der Waals surface area (Å²) in [5, 5.41) is 0. The van der Waals surface area contributed by atoms with Crippen molar-refractivity contribution in [2.24, 2.45) is 0 Å². The monoisotopic (exact) mass is 260 g/mol. The molecule has 0 atom stereocenters. The summed E-state index contributed by atoms with van der Waals surface area (Å²) in [7, 11) is -4.26. The third-order valence-corrected chi connectivity index (χ3v) is 3.38. The van der Waals surface area contributed by atoms with Crippen LogP contribution in [0.3, 0.4) is 0 Å². The van der Waals surface area contributed by atoms with Crippen LogP contribution in [0.25, 0.3) is 11.1 Å². The second-order valence-corrected chi connectivity index (χ2v) is 5.11. The zero-order valence-electron chi connectivity index (χ0n) is 9.52. The minimum atomic E-state index is -4.26. The van der Waals surface area contributed by atoms with Crippen LogP contribution < -0.4 is 0 Å². The van der Waals surface area contributed by atoms with Crippen molar-refractivity contribution in [3.8, 4) is 11.1 Å². The second kappa shape index (κ2) is 5.16. The maximum Gasteiger partial charge on any atom is 0.295 e. The summed E-state index contributed by atoms with van der Waals surface area (Å²) in [5.74, 6) is 0. The van der Waals surface area contributed by atoms with Gasteiger partial charge in [0, 0.05) is 5.56 Å². The molecule has 2 aliphatic carbocycles. The van der Waals surface area contributed by atoms with Crippen LogP contribution in [0.15, 0.2) is 71.6 Å². The molecule has 1 N–H and O–H groups in total. The van der Waals surface area contributed by atoms with Gasteiger partial charge in [-0.05, 0) is 11.6 Å². The van der Waals surface area contributed by atoms with Crippen LogP contribution in [0.1, 0.15) is 0 Å². The predicted octanol–water partition coefficient (Wildman–Crippen LogP) is 3.16. The van der Waals surface area contributed by atoms with E-state index in [1.807, 2.05) is 18.2 Å². The molecule has 92 valence electrons. The predicted molar refractivity (Wildman–Crippen MR) is 70.5 cm³/mol. The molecule has 2 aliphatic rings. The molecule has 0 bridgehead atoms. The molecule has 0 saturated heterocycles. The van der Waals surface area contributed by atoms with Crippen LogP contribution >= 0.6 is 0 Å². The summed E-state index contributed by atoms with van der Waals surface area (Å²) in [4.78, 5) is -0.102. The van der Waals surface area contributed by atoms with Gasteiger partial charge in [0.05, 0.1) is 0 Å². The standard InChI is InChI=1S/C14H12O3S/c15-18(16,17)14-11-7-3-5-9-12-8-4-1-2-6-10-13(12)14/h1-11H,(H,15,16,17). The molecule has 0 aromatic carbocycles. The van der Waals surface area contributed by atoms with Crippen molar-refractivity contribution in [2.45, 2.75) is 4.90 Å². The van der Waals surface area contributed by atoms with Crippen LogP contribution in [0.5, 0.6) is 0 Å². The maximum absolute atomic E-state index is 11.4. The molecule has 18 heavy (non-hydrogen) atoms. The lowest BCUT2D eigenvalue weighted by atomic mass is 10.1. The number of fused-ring (bicyclic) bond motifs is 1. The summed E-state index contributed by atoms with van der Waals surface area (Å²) in [6.45, 7) is 0. The van der Waals surface area contributed by atoms with E-state index in [-0.39, 0.29) is 4.90 Å². The van der Waals surface area contributed by atoms with Gasteiger partial charge in [-0.15, -0.1) is 0 Å². The molecular formula is C14H12O3S. The molecule has 3 nitrogen and oxygen atoms in total. The highest BCUT2D eigenvalue weighted by atomic mass is 32.2. The van der Waals surface area contributed by atoms with E-state index in [1.54, 1.807) is 42.5 Å². The van der Waals surface area contributed by atoms with Crippen LogP contribution in [0.4, 0.5) is 0 Å². The number of hydrogen-bond donors (Lipinski definition) is 1. The fourth-order valence-electron chi connectivity index (χ4n) is 1.68. The summed E-state index contributed by atoms with van der Waals surface area (Å²) >= 11 is 0. The van der Waals surface area contributed by atoms with Crippen molar-refractivity contribution in [2.75, 3.05) is 0 Å². The Labute approximate surface area is 106 Å². The highest BCUT2D eigenvalue weighted by Crippen LogP contribution is 2.25. The lowest BCUT2D eigenvalue weighted by Gasteiger charge is -2.05. The van der Waals surface area contributed by atoms with E-state index < -0.39 is 10.1 Å². The third kappa shape index (κ3) is 2.85. The minimum Gasteiger partial charge on any atom is -0.282 e. The first-order valence-electron chi connectivity index (χ1n) is 5.37. The maximum atomic E-state index is 11.4. The van der Waals surface area contributed by atoms with Gasteiger partial charge >= 0.3 is 0 Å². The second-order valence-electron chi connectivity index (χ2n) is 3.72. The first-order valence-corrected chi connectivity index (χ1v) is 6.81. The molecule has 0 aromatic rings. The van der Waals surface area contributed by atoms with Gasteiger partial charge in [-0.25, -0.2) is 0 Å². The van der Waals surface area contributed by atoms with E-state index in [4.69, 9.17) is 0 Å². The molecule has 0 radical (unpaired) electrons. The van der Waals surface area contributed by atoms with Gasteiger partial charge in [-0.2, -0.15) is 8.42 Å². The number of rotatable bonds is 1. The first kappa shape index (κ1) is 12.5. The highest BCUT2D eigenvalue weighted by Gasteiger charge is 2.14. The molecule has 0 aromatic heterocycles. The fraction of sp³-hybridized carbons (Fsp3) is 0. The van der Waals surface area contributed by atoms with E-state index in [0.29, 0.717) is 5.56 Å². The van der Waals surface area contributed by atoms with Crippen LogP contribution in [-0.2, 0) is 10.1 Å². The zero-order valence-corrected chi connectivity index (χ0v) is 10.3. The molecule has 4 heteroatoms.